The van der Waals surface area contributed by atoms with Gasteiger partial charge in [-0.15, -0.1) is 0 Å². The van der Waals surface area contributed by atoms with Gasteiger partial charge in [0.25, 0.3) is 0 Å². The first-order valence-corrected chi connectivity index (χ1v) is 13.1. The van der Waals surface area contributed by atoms with E-state index in [0.29, 0.717) is 42.2 Å². The number of nitrogens with one attached hydrogen (secondary N) is 3. The summed E-state index contributed by atoms with van der Waals surface area (Å²) in [5, 5.41) is 9.29. The molecule has 210 valence electrons. The standard InChI is InChI=1S/C30H36N6O4/c1-7-26(37)32-22-9-8-10-23(15-22)33-27-19(2)16-31-28(35-27)34-24-12-11-20(14-25(24)39-6)13-21-17-36(18-21)29(38)40-30(3,4)5/h7-12,14-16,21H,1,13,17-18H2,2-6H3,(H,32,37)(H2,31,33,34,35). The fourth-order valence-electron chi connectivity index (χ4n) is 4.23. The van der Waals surface area contributed by atoms with Crippen LogP contribution in [0.25, 0.3) is 0 Å². The minimum absolute atomic E-state index is 0.264. The van der Waals surface area contributed by atoms with Crippen LogP contribution < -0.4 is 20.7 Å². The second kappa shape index (κ2) is 12.1. The molecule has 1 aromatic heterocycles. The second-order valence-corrected chi connectivity index (χ2v) is 10.7. The van der Waals surface area contributed by atoms with E-state index in [9.17, 15) is 9.59 Å². The van der Waals surface area contributed by atoms with E-state index >= 15 is 0 Å². The van der Waals surface area contributed by atoms with Crippen molar-refractivity contribution >= 4 is 40.8 Å². The summed E-state index contributed by atoms with van der Waals surface area (Å²) in [4.78, 5) is 34.7. The number of ether oxygens (including phenoxy) is 2. The molecule has 1 saturated heterocycles. The number of aromatic nitrogens is 2. The maximum atomic E-state index is 12.2. The van der Waals surface area contributed by atoms with Crippen LogP contribution in [0.2, 0.25) is 0 Å². The van der Waals surface area contributed by atoms with Crippen LogP contribution in [0.5, 0.6) is 5.75 Å². The lowest BCUT2D eigenvalue weighted by molar-refractivity contribution is -0.111. The first-order valence-electron chi connectivity index (χ1n) is 13.1. The minimum Gasteiger partial charge on any atom is -0.495 e. The van der Waals surface area contributed by atoms with E-state index in [1.54, 1.807) is 24.3 Å². The Labute approximate surface area is 234 Å². The molecular formula is C30H36N6O4. The van der Waals surface area contributed by atoms with E-state index in [1.807, 2.05) is 64.1 Å². The Bertz CT molecular complexity index is 1400. The summed E-state index contributed by atoms with van der Waals surface area (Å²) in [7, 11) is 1.62. The van der Waals surface area contributed by atoms with Crippen LogP contribution in [-0.4, -0.2) is 52.7 Å². The number of benzene rings is 2. The van der Waals surface area contributed by atoms with Crippen molar-refractivity contribution in [2.24, 2.45) is 5.92 Å². The lowest BCUT2D eigenvalue weighted by Gasteiger charge is -2.40. The lowest BCUT2D eigenvalue weighted by Crippen LogP contribution is -2.52. The van der Waals surface area contributed by atoms with Crippen molar-refractivity contribution in [3.05, 3.63) is 72.4 Å². The molecule has 0 radical (unpaired) electrons. The first-order chi connectivity index (χ1) is 19.0. The fourth-order valence-corrected chi connectivity index (χ4v) is 4.23. The molecule has 1 aliphatic rings. The summed E-state index contributed by atoms with van der Waals surface area (Å²) in [5.74, 6) is 1.79. The molecule has 0 atom stereocenters. The third kappa shape index (κ3) is 7.49. The Morgan fingerprint density at radius 2 is 1.88 bits per heavy atom. The van der Waals surface area contributed by atoms with E-state index in [-0.39, 0.29) is 12.0 Å². The third-order valence-corrected chi connectivity index (χ3v) is 6.20. The molecule has 3 N–H and O–H groups in total. The molecule has 2 aromatic carbocycles. The summed E-state index contributed by atoms with van der Waals surface area (Å²) in [5.41, 5.74) is 3.62. The van der Waals surface area contributed by atoms with Gasteiger partial charge in [-0.1, -0.05) is 18.7 Å². The Morgan fingerprint density at radius 1 is 1.12 bits per heavy atom. The Morgan fingerprint density at radius 3 is 2.58 bits per heavy atom. The number of amides is 2. The van der Waals surface area contributed by atoms with Gasteiger partial charge in [-0.2, -0.15) is 4.98 Å². The number of aryl methyl sites for hydroxylation is 1. The normalized spacial score (nSPS) is 13.2. The van der Waals surface area contributed by atoms with E-state index < -0.39 is 5.60 Å². The number of hydrogen-bond donors (Lipinski definition) is 3. The third-order valence-electron chi connectivity index (χ3n) is 6.20. The zero-order valence-corrected chi connectivity index (χ0v) is 23.6. The number of rotatable bonds is 9. The monoisotopic (exact) mass is 544 g/mol. The lowest BCUT2D eigenvalue weighted by atomic mass is 9.92. The number of methoxy groups -OCH3 is 1. The van der Waals surface area contributed by atoms with Crippen LogP contribution in [0.1, 0.15) is 31.9 Å². The summed E-state index contributed by atoms with van der Waals surface area (Å²) in [6.45, 7) is 12.4. The molecule has 2 heterocycles. The van der Waals surface area contributed by atoms with Crippen molar-refractivity contribution in [3.8, 4) is 5.75 Å². The van der Waals surface area contributed by atoms with Crippen LogP contribution in [0.3, 0.4) is 0 Å². The molecule has 0 aliphatic carbocycles. The van der Waals surface area contributed by atoms with Crippen molar-refractivity contribution in [1.29, 1.82) is 0 Å². The number of carbonyl (C=O) groups excluding carboxylic acids is 2. The largest absolute Gasteiger partial charge is 0.495 e. The summed E-state index contributed by atoms with van der Waals surface area (Å²) < 4.78 is 11.1. The zero-order chi connectivity index (χ0) is 28.9. The van der Waals surface area contributed by atoms with Gasteiger partial charge in [0.1, 0.15) is 17.2 Å². The van der Waals surface area contributed by atoms with Gasteiger partial charge in [0, 0.05) is 36.2 Å². The first kappa shape index (κ1) is 28.4. The molecule has 0 saturated carbocycles. The Hall–Kier alpha value is -4.60. The second-order valence-electron chi connectivity index (χ2n) is 10.7. The van der Waals surface area contributed by atoms with Crippen molar-refractivity contribution in [2.45, 2.75) is 39.7 Å². The summed E-state index contributed by atoms with van der Waals surface area (Å²) >= 11 is 0. The highest BCUT2D eigenvalue weighted by molar-refractivity contribution is 5.99. The van der Waals surface area contributed by atoms with E-state index in [0.717, 1.165) is 28.9 Å². The molecule has 1 aliphatic heterocycles. The number of anilines is 5. The topological polar surface area (TPSA) is 118 Å². The number of hydrogen-bond acceptors (Lipinski definition) is 8. The zero-order valence-electron chi connectivity index (χ0n) is 23.6. The molecule has 0 spiro atoms. The predicted molar refractivity (Wildman–Crippen MR) is 157 cm³/mol. The maximum Gasteiger partial charge on any atom is 0.410 e. The van der Waals surface area contributed by atoms with E-state index in [4.69, 9.17) is 9.47 Å². The molecule has 2 amide bonds. The average molecular weight is 545 g/mol. The van der Waals surface area contributed by atoms with Gasteiger partial charge in [0.2, 0.25) is 11.9 Å². The quantitative estimate of drug-likeness (QED) is 0.289. The van der Waals surface area contributed by atoms with E-state index in [2.05, 4.69) is 32.5 Å². The van der Waals surface area contributed by atoms with Gasteiger partial charge in [-0.05, 0) is 82.0 Å². The van der Waals surface area contributed by atoms with Crippen molar-refractivity contribution < 1.29 is 19.1 Å². The van der Waals surface area contributed by atoms with Crippen molar-refractivity contribution in [2.75, 3.05) is 36.1 Å². The molecule has 40 heavy (non-hydrogen) atoms. The molecular weight excluding hydrogens is 508 g/mol. The van der Waals surface area contributed by atoms with Crippen LogP contribution in [0.15, 0.2) is 61.3 Å². The highest BCUT2D eigenvalue weighted by Gasteiger charge is 2.33. The molecule has 3 aromatic rings. The van der Waals surface area contributed by atoms with Gasteiger partial charge >= 0.3 is 6.09 Å². The van der Waals surface area contributed by atoms with E-state index in [1.165, 1.54) is 6.08 Å². The van der Waals surface area contributed by atoms with Crippen molar-refractivity contribution in [1.82, 2.24) is 14.9 Å². The molecule has 10 nitrogen and oxygen atoms in total. The summed E-state index contributed by atoms with van der Waals surface area (Å²) in [6, 6.07) is 13.3. The maximum absolute atomic E-state index is 12.2. The van der Waals surface area contributed by atoms with Gasteiger partial charge in [-0.25, -0.2) is 9.78 Å². The van der Waals surface area contributed by atoms with Crippen LogP contribution in [0.4, 0.5) is 33.6 Å². The van der Waals surface area contributed by atoms with Gasteiger partial charge in [0.05, 0.1) is 12.8 Å². The molecule has 0 bridgehead atoms. The average Bonchev–Trinajstić information content (AvgIpc) is 2.87. The summed E-state index contributed by atoms with van der Waals surface area (Å²) in [6.07, 6.45) is 3.52. The predicted octanol–water partition coefficient (Wildman–Crippen LogP) is 5.81. The minimum atomic E-state index is -0.494. The van der Waals surface area contributed by atoms with Crippen LogP contribution >= 0.6 is 0 Å². The number of nitrogens with zero attached hydrogens (tertiary/aromatic N) is 3. The highest BCUT2D eigenvalue weighted by atomic mass is 16.6. The smallest absolute Gasteiger partial charge is 0.410 e. The van der Waals surface area contributed by atoms with Crippen LogP contribution in [-0.2, 0) is 16.0 Å². The van der Waals surface area contributed by atoms with Gasteiger partial charge in [-0.3, -0.25) is 4.79 Å². The SMILES string of the molecule is C=CC(=O)Nc1cccc(Nc2nc(Nc3ccc(CC4CN(C(=O)OC(C)(C)C)C4)cc3OC)ncc2C)c1. The Kier molecular flexibility index (Phi) is 8.57. The molecule has 1 fully saturated rings. The van der Waals surface area contributed by atoms with Crippen molar-refractivity contribution in [3.63, 3.8) is 0 Å². The molecule has 4 rings (SSSR count). The molecule has 10 heteroatoms. The number of carbonyl (C=O) groups is 2. The van der Waals surface area contributed by atoms with Gasteiger partial charge < -0.3 is 30.3 Å². The van der Waals surface area contributed by atoms with Crippen LogP contribution in [0, 0.1) is 12.8 Å². The Balaban J connectivity index is 1.40. The van der Waals surface area contributed by atoms with Gasteiger partial charge in [0.15, 0.2) is 0 Å². The fraction of sp³-hybridized carbons (Fsp3) is 0.333. The molecule has 0 unspecified atom stereocenters. The number of likely N-dealkylation sites (tertiary alicyclic amines) is 1. The highest BCUT2D eigenvalue weighted by Crippen LogP contribution is 2.31.